The first kappa shape index (κ1) is 23.9. The second kappa shape index (κ2) is 15.5. The van der Waals surface area contributed by atoms with E-state index in [9.17, 15) is 15.0 Å². The van der Waals surface area contributed by atoms with Crippen molar-refractivity contribution in [3.63, 3.8) is 0 Å². The molecule has 0 radical (unpaired) electrons. The van der Waals surface area contributed by atoms with Crippen molar-refractivity contribution in [3.05, 3.63) is 12.2 Å². The molecule has 6 nitrogen and oxygen atoms in total. The summed E-state index contributed by atoms with van der Waals surface area (Å²) < 4.78 is 0. The Morgan fingerprint density at radius 3 is 2.55 bits per heavy atom. The molecule has 2 N–H and O–H groups in total. The number of carboxylic acid groups (broad SMARTS) is 1. The van der Waals surface area contributed by atoms with Crippen LogP contribution in [0, 0.1) is 0 Å². The Morgan fingerprint density at radius 2 is 2.00 bits per heavy atom. The number of aliphatic hydroxyl groups is 1. The summed E-state index contributed by atoms with van der Waals surface area (Å²) in [4.78, 5) is 16.2. The molecule has 0 amide bonds. The van der Waals surface area contributed by atoms with E-state index in [2.05, 4.69) is 18.0 Å². The Hall–Kier alpha value is -0.400. The molecule has 0 bridgehead atoms. The molecule has 0 aliphatic heterocycles. The van der Waals surface area contributed by atoms with Crippen LogP contribution >= 0.6 is 0 Å². The third-order valence-corrected chi connectivity index (χ3v) is 2.73. The fourth-order valence-electron chi connectivity index (χ4n) is 1.80. The number of hydrogen-bond donors (Lipinski definition) is 2. The van der Waals surface area contributed by atoms with Gasteiger partial charge >= 0.3 is 35.5 Å². The van der Waals surface area contributed by atoms with Gasteiger partial charge in [0.25, 0.3) is 0 Å². The van der Waals surface area contributed by atoms with Gasteiger partial charge in [0.1, 0.15) is 0 Å². The standard InChI is InChI=1S/C15H28N2O4.Na/c1-3-4-5-6-7-8-14(19)16-9-10-17(11-13(2)18)12-15(20)21;/h5-6,13,18H,3-4,7-12H2,1-2H3,(H,16,19)(H,20,21);/q;+1/p-1/b6-5+;. The first-order valence-corrected chi connectivity index (χ1v) is 7.43. The summed E-state index contributed by atoms with van der Waals surface area (Å²) in [5.41, 5.74) is 0. The molecule has 1 atom stereocenters. The zero-order valence-electron chi connectivity index (χ0n) is 14.0. The van der Waals surface area contributed by atoms with Crippen molar-refractivity contribution in [1.82, 2.24) is 4.90 Å². The molecule has 0 aromatic heterocycles. The summed E-state index contributed by atoms with van der Waals surface area (Å²) in [5.74, 6) is -1.12. The number of allylic oxidation sites excluding steroid dienone is 2. The van der Waals surface area contributed by atoms with Crippen LogP contribution < -0.4 is 34.7 Å². The number of hydrogen-bond acceptors (Lipinski definition) is 5. The number of aliphatic imine (C=N–C) groups is 1. The molecule has 0 aliphatic carbocycles. The van der Waals surface area contributed by atoms with Crippen LogP contribution in [0.1, 0.15) is 39.5 Å². The number of nitrogens with zero attached hydrogens (tertiary/aromatic N) is 2. The van der Waals surface area contributed by atoms with Gasteiger partial charge in [0, 0.05) is 13.1 Å². The Morgan fingerprint density at radius 1 is 1.36 bits per heavy atom. The van der Waals surface area contributed by atoms with Crippen LogP contribution in [0.5, 0.6) is 0 Å². The first-order valence-electron chi connectivity index (χ1n) is 7.43. The summed E-state index contributed by atoms with van der Waals surface area (Å²) in [6.45, 7) is 4.41. The molecule has 0 aromatic carbocycles. The number of carbonyl (C=O) groups is 1. The van der Waals surface area contributed by atoms with Crippen LogP contribution in [0.2, 0.25) is 0 Å². The quantitative estimate of drug-likeness (QED) is 0.182. The Labute approximate surface area is 155 Å². The number of aliphatic carboxylic acids is 1. The van der Waals surface area contributed by atoms with Gasteiger partial charge in [0.05, 0.1) is 19.2 Å². The van der Waals surface area contributed by atoms with Crippen LogP contribution in [-0.2, 0) is 4.79 Å². The van der Waals surface area contributed by atoms with Crippen molar-refractivity contribution < 1.29 is 49.7 Å². The number of rotatable bonds is 12. The minimum absolute atomic E-state index is 0. The zero-order valence-corrected chi connectivity index (χ0v) is 16.0. The van der Waals surface area contributed by atoms with Crippen molar-refractivity contribution in [2.24, 2.45) is 4.99 Å². The van der Waals surface area contributed by atoms with Gasteiger partial charge in [-0.3, -0.25) is 9.69 Å². The topological polar surface area (TPSA) is 96.2 Å². The molecule has 0 saturated heterocycles. The fourth-order valence-corrected chi connectivity index (χ4v) is 1.80. The van der Waals surface area contributed by atoms with Crippen LogP contribution in [0.3, 0.4) is 0 Å². The SMILES string of the molecule is CCC/C=C/CCC([O-])=NCCN(CC(=O)O)CC(C)O.[Na+]. The predicted molar refractivity (Wildman–Crippen MR) is 81.3 cm³/mol. The average Bonchev–Trinajstić information content (AvgIpc) is 2.37. The molecule has 0 heterocycles. The molecule has 0 aliphatic rings. The minimum Gasteiger partial charge on any atom is -0.862 e. The Kier molecular flexibility index (Phi) is 16.8. The van der Waals surface area contributed by atoms with E-state index in [4.69, 9.17) is 5.11 Å². The second-order valence-electron chi connectivity index (χ2n) is 5.05. The van der Waals surface area contributed by atoms with Crippen molar-refractivity contribution in [1.29, 1.82) is 0 Å². The maximum Gasteiger partial charge on any atom is 1.00 e. The molecule has 0 spiro atoms. The van der Waals surface area contributed by atoms with E-state index >= 15 is 0 Å². The Balaban J connectivity index is 0. The van der Waals surface area contributed by atoms with E-state index < -0.39 is 12.1 Å². The van der Waals surface area contributed by atoms with Crippen molar-refractivity contribution in [3.8, 4) is 0 Å². The van der Waals surface area contributed by atoms with Gasteiger partial charge in [0.15, 0.2) is 0 Å². The third kappa shape index (κ3) is 16.0. The molecule has 0 rings (SSSR count). The normalized spacial score (nSPS) is 13.4. The summed E-state index contributed by atoms with van der Waals surface area (Å²) in [6, 6.07) is 0. The number of unbranched alkanes of at least 4 members (excludes halogenated alkanes) is 1. The van der Waals surface area contributed by atoms with Gasteiger partial charge in [-0.15, -0.1) is 0 Å². The molecule has 1 unspecified atom stereocenters. The summed E-state index contributed by atoms with van der Waals surface area (Å²) in [7, 11) is 0. The monoisotopic (exact) mass is 322 g/mol. The van der Waals surface area contributed by atoms with Crippen LogP contribution in [0.4, 0.5) is 0 Å². The van der Waals surface area contributed by atoms with Crippen LogP contribution in [0.15, 0.2) is 17.1 Å². The summed E-state index contributed by atoms with van der Waals surface area (Å²) in [6.07, 6.45) is 6.63. The van der Waals surface area contributed by atoms with Gasteiger partial charge in [0.2, 0.25) is 0 Å². The van der Waals surface area contributed by atoms with Gasteiger partial charge in [-0.25, -0.2) is 0 Å². The molecular weight excluding hydrogens is 295 g/mol. The molecule has 22 heavy (non-hydrogen) atoms. The molecule has 122 valence electrons. The maximum absolute atomic E-state index is 11.5. The molecular formula is C15H27N2NaO4. The first-order chi connectivity index (χ1) is 9.95. The second-order valence-corrected chi connectivity index (χ2v) is 5.05. The van der Waals surface area contributed by atoms with Gasteiger partial charge < -0.3 is 20.3 Å². The van der Waals surface area contributed by atoms with Gasteiger partial charge in [-0.1, -0.05) is 25.5 Å². The number of carboxylic acids is 1. The van der Waals surface area contributed by atoms with Crippen molar-refractivity contribution >= 4 is 11.9 Å². The van der Waals surface area contributed by atoms with E-state index in [-0.39, 0.29) is 55.1 Å². The summed E-state index contributed by atoms with van der Waals surface area (Å²) in [5, 5.41) is 29.6. The zero-order chi connectivity index (χ0) is 16.1. The van der Waals surface area contributed by atoms with E-state index in [0.717, 1.165) is 12.8 Å². The van der Waals surface area contributed by atoms with Crippen LogP contribution in [-0.4, -0.2) is 59.3 Å². The Bertz CT molecular complexity index is 346. The van der Waals surface area contributed by atoms with Crippen LogP contribution in [0.25, 0.3) is 0 Å². The van der Waals surface area contributed by atoms with E-state index in [1.54, 1.807) is 11.8 Å². The molecule has 0 fully saturated rings. The van der Waals surface area contributed by atoms with E-state index in [0.29, 0.717) is 19.4 Å². The van der Waals surface area contributed by atoms with Crippen molar-refractivity contribution in [2.45, 2.75) is 45.6 Å². The van der Waals surface area contributed by atoms with Gasteiger partial charge in [-0.05, 0) is 32.1 Å². The van der Waals surface area contributed by atoms with Crippen molar-refractivity contribution in [2.75, 3.05) is 26.2 Å². The third-order valence-electron chi connectivity index (χ3n) is 2.73. The molecule has 0 saturated carbocycles. The van der Waals surface area contributed by atoms with Gasteiger partial charge in [-0.2, -0.15) is 0 Å². The maximum atomic E-state index is 11.5. The predicted octanol–water partition coefficient (Wildman–Crippen LogP) is -2.35. The van der Waals surface area contributed by atoms with E-state index in [1.807, 2.05) is 6.08 Å². The number of aliphatic hydroxyl groups excluding tert-OH is 1. The summed E-state index contributed by atoms with van der Waals surface area (Å²) >= 11 is 0. The molecule has 0 aromatic rings. The fraction of sp³-hybridized carbons (Fsp3) is 0.733. The minimum atomic E-state index is -0.956. The van der Waals surface area contributed by atoms with E-state index in [1.165, 1.54) is 0 Å². The smallest absolute Gasteiger partial charge is 0.862 e. The largest absolute Gasteiger partial charge is 1.00 e. The molecule has 7 heteroatoms. The average molecular weight is 322 g/mol.